The molecule has 0 aromatic carbocycles. The molecule has 0 aromatic rings. The number of fused-ring (bicyclic) bond motifs is 1. The second-order valence-corrected chi connectivity index (χ2v) is 6.21. The summed E-state index contributed by atoms with van der Waals surface area (Å²) in [4.78, 5) is 23.1. The van der Waals surface area contributed by atoms with Crippen LogP contribution in [0.2, 0.25) is 0 Å². The topological polar surface area (TPSA) is 74.6 Å². The minimum atomic E-state index is -0.721. The second kappa shape index (κ2) is 5.93. The van der Waals surface area contributed by atoms with Crippen molar-refractivity contribution in [2.75, 3.05) is 0 Å². The van der Waals surface area contributed by atoms with Gasteiger partial charge in [0.15, 0.2) is 0 Å². The van der Waals surface area contributed by atoms with Crippen molar-refractivity contribution in [2.24, 2.45) is 29.6 Å². The number of hydrogen-bond acceptors (Lipinski definition) is 2. The smallest absolute Gasteiger partial charge is 0.307 e. The Morgan fingerprint density at radius 2 is 1.68 bits per heavy atom. The monoisotopic (exact) mass is 268 g/mol. The van der Waals surface area contributed by atoms with Crippen LogP contribution in [0.15, 0.2) is 0 Å². The van der Waals surface area contributed by atoms with Crippen molar-refractivity contribution in [1.29, 1.82) is 0 Å². The molecular weight excluding hydrogens is 244 g/mol. The normalized spacial score (nSPS) is 38.5. The Balaban J connectivity index is 2.26. The lowest BCUT2D eigenvalue weighted by Crippen LogP contribution is -2.47. The molecule has 0 radical (unpaired) electrons. The zero-order valence-electron chi connectivity index (χ0n) is 11.5. The van der Waals surface area contributed by atoms with Gasteiger partial charge in [0, 0.05) is 0 Å². The van der Waals surface area contributed by atoms with E-state index in [4.69, 9.17) is 0 Å². The lowest BCUT2D eigenvalue weighted by Gasteiger charge is -2.46. The summed E-state index contributed by atoms with van der Waals surface area (Å²) >= 11 is 0. The van der Waals surface area contributed by atoms with E-state index in [1.54, 1.807) is 0 Å². The highest BCUT2D eigenvalue weighted by atomic mass is 16.4. The molecule has 0 bridgehead atoms. The summed E-state index contributed by atoms with van der Waals surface area (Å²) in [6.45, 7) is 2.04. The first-order chi connectivity index (χ1) is 9.06. The molecule has 0 spiro atoms. The van der Waals surface area contributed by atoms with E-state index < -0.39 is 11.9 Å². The lowest BCUT2D eigenvalue weighted by molar-refractivity contribution is -0.161. The SMILES string of the molecule is CCCC1CC(C(=O)O)C2CCCCC2C1C(=O)O. The predicted molar refractivity (Wildman–Crippen MR) is 70.7 cm³/mol. The molecule has 2 N–H and O–H groups in total. The van der Waals surface area contributed by atoms with Crippen molar-refractivity contribution in [3.63, 3.8) is 0 Å². The lowest BCUT2D eigenvalue weighted by atomic mass is 9.57. The summed E-state index contributed by atoms with van der Waals surface area (Å²) in [6, 6.07) is 0. The van der Waals surface area contributed by atoms with Gasteiger partial charge in [0.05, 0.1) is 11.8 Å². The summed E-state index contributed by atoms with van der Waals surface area (Å²) < 4.78 is 0. The van der Waals surface area contributed by atoms with Gasteiger partial charge in [0.25, 0.3) is 0 Å². The van der Waals surface area contributed by atoms with E-state index in [0.29, 0.717) is 6.42 Å². The van der Waals surface area contributed by atoms with Gasteiger partial charge in [-0.3, -0.25) is 9.59 Å². The van der Waals surface area contributed by atoms with Gasteiger partial charge in [0.2, 0.25) is 0 Å². The fourth-order valence-electron chi connectivity index (χ4n) is 4.47. The van der Waals surface area contributed by atoms with Crippen LogP contribution in [0, 0.1) is 29.6 Å². The van der Waals surface area contributed by atoms with E-state index in [1.165, 1.54) is 0 Å². The number of carboxylic acids is 2. The zero-order valence-corrected chi connectivity index (χ0v) is 11.5. The van der Waals surface area contributed by atoms with Crippen LogP contribution >= 0.6 is 0 Å². The quantitative estimate of drug-likeness (QED) is 0.822. The molecule has 0 saturated heterocycles. The molecule has 4 nitrogen and oxygen atoms in total. The van der Waals surface area contributed by atoms with E-state index >= 15 is 0 Å². The van der Waals surface area contributed by atoms with Crippen LogP contribution in [-0.4, -0.2) is 22.2 Å². The number of hydrogen-bond donors (Lipinski definition) is 2. The first-order valence-corrected chi connectivity index (χ1v) is 7.51. The molecule has 5 unspecified atom stereocenters. The highest BCUT2D eigenvalue weighted by molar-refractivity contribution is 5.74. The van der Waals surface area contributed by atoms with Crippen LogP contribution in [0.3, 0.4) is 0 Å². The first kappa shape index (κ1) is 14.4. The maximum absolute atomic E-state index is 11.6. The van der Waals surface area contributed by atoms with Crippen LogP contribution < -0.4 is 0 Å². The Morgan fingerprint density at radius 3 is 2.21 bits per heavy atom. The van der Waals surface area contributed by atoms with Crippen molar-refractivity contribution in [3.8, 4) is 0 Å². The van der Waals surface area contributed by atoms with E-state index in [2.05, 4.69) is 0 Å². The van der Waals surface area contributed by atoms with Gasteiger partial charge in [-0.15, -0.1) is 0 Å². The molecule has 108 valence electrons. The number of aliphatic carboxylic acids is 2. The van der Waals surface area contributed by atoms with Gasteiger partial charge in [-0.05, 0) is 43.4 Å². The minimum Gasteiger partial charge on any atom is -0.481 e. The minimum absolute atomic E-state index is 0.0444. The third-order valence-corrected chi connectivity index (χ3v) is 5.18. The van der Waals surface area contributed by atoms with E-state index in [0.717, 1.165) is 38.5 Å². The van der Waals surface area contributed by atoms with Crippen LogP contribution in [0.25, 0.3) is 0 Å². The van der Waals surface area contributed by atoms with Gasteiger partial charge >= 0.3 is 11.9 Å². The zero-order chi connectivity index (χ0) is 14.0. The van der Waals surface area contributed by atoms with E-state index in [1.807, 2.05) is 6.92 Å². The van der Waals surface area contributed by atoms with Crippen molar-refractivity contribution < 1.29 is 19.8 Å². The van der Waals surface area contributed by atoms with Crippen LogP contribution in [0.1, 0.15) is 51.9 Å². The summed E-state index contributed by atoms with van der Waals surface area (Å²) in [7, 11) is 0. The molecule has 2 saturated carbocycles. The number of rotatable bonds is 4. The highest BCUT2D eigenvalue weighted by Crippen LogP contribution is 2.50. The molecule has 2 fully saturated rings. The van der Waals surface area contributed by atoms with Crippen molar-refractivity contribution >= 4 is 11.9 Å². The van der Waals surface area contributed by atoms with Crippen LogP contribution in [0.4, 0.5) is 0 Å². The molecule has 2 aliphatic rings. The van der Waals surface area contributed by atoms with Crippen molar-refractivity contribution in [3.05, 3.63) is 0 Å². The second-order valence-electron chi connectivity index (χ2n) is 6.21. The molecule has 0 aliphatic heterocycles. The van der Waals surface area contributed by atoms with Gasteiger partial charge in [-0.2, -0.15) is 0 Å². The maximum Gasteiger partial charge on any atom is 0.307 e. The van der Waals surface area contributed by atoms with Crippen LogP contribution in [-0.2, 0) is 9.59 Å². The largest absolute Gasteiger partial charge is 0.481 e. The van der Waals surface area contributed by atoms with Gasteiger partial charge < -0.3 is 10.2 Å². The molecule has 5 atom stereocenters. The summed E-state index contributed by atoms with van der Waals surface area (Å²) in [5.74, 6) is -1.86. The third kappa shape index (κ3) is 2.77. The van der Waals surface area contributed by atoms with Crippen molar-refractivity contribution in [1.82, 2.24) is 0 Å². The Bertz CT molecular complexity index is 352. The Hall–Kier alpha value is -1.06. The number of carboxylic acid groups (broad SMARTS) is 2. The Labute approximate surface area is 114 Å². The van der Waals surface area contributed by atoms with Gasteiger partial charge in [0.1, 0.15) is 0 Å². The molecule has 0 amide bonds. The van der Waals surface area contributed by atoms with Gasteiger partial charge in [-0.25, -0.2) is 0 Å². The standard InChI is InChI=1S/C15H24O4/c1-2-5-9-8-12(14(16)17)10-6-3-4-7-11(10)13(9)15(18)19/h9-13H,2-8H2,1H3,(H,16,17)(H,18,19). The fraction of sp³-hybridized carbons (Fsp3) is 0.867. The molecule has 2 rings (SSSR count). The van der Waals surface area contributed by atoms with Crippen LogP contribution in [0.5, 0.6) is 0 Å². The summed E-state index contributed by atoms with van der Waals surface area (Å²) in [5, 5.41) is 19.0. The van der Waals surface area contributed by atoms with Gasteiger partial charge in [-0.1, -0.05) is 26.2 Å². The molecule has 19 heavy (non-hydrogen) atoms. The Kier molecular flexibility index (Phi) is 4.48. The molecule has 4 heteroatoms. The number of carbonyl (C=O) groups is 2. The molecule has 0 aromatic heterocycles. The maximum atomic E-state index is 11.6. The molecular formula is C15H24O4. The molecule has 0 heterocycles. The summed E-state index contributed by atoms with van der Waals surface area (Å²) in [5.41, 5.74) is 0. The summed E-state index contributed by atoms with van der Waals surface area (Å²) in [6.07, 6.45) is 6.21. The van der Waals surface area contributed by atoms with Crippen molar-refractivity contribution in [2.45, 2.75) is 51.9 Å². The van der Waals surface area contributed by atoms with E-state index in [-0.39, 0.29) is 29.6 Å². The van der Waals surface area contributed by atoms with E-state index in [9.17, 15) is 19.8 Å². The average Bonchev–Trinajstić information content (AvgIpc) is 2.37. The fourth-order valence-corrected chi connectivity index (χ4v) is 4.47. The first-order valence-electron chi connectivity index (χ1n) is 7.51. The highest BCUT2D eigenvalue weighted by Gasteiger charge is 2.50. The predicted octanol–water partition coefficient (Wildman–Crippen LogP) is 3.01. The molecule has 2 aliphatic carbocycles. The average molecular weight is 268 g/mol. The third-order valence-electron chi connectivity index (χ3n) is 5.18. The Morgan fingerprint density at radius 1 is 1.05 bits per heavy atom.